The van der Waals surface area contributed by atoms with Crippen LogP contribution in [0.5, 0.6) is 5.75 Å². The summed E-state index contributed by atoms with van der Waals surface area (Å²) in [6.07, 6.45) is 2.76. The molecule has 0 saturated carbocycles. The summed E-state index contributed by atoms with van der Waals surface area (Å²) in [5.41, 5.74) is 4.04. The van der Waals surface area contributed by atoms with E-state index in [9.17, 15) is 4.79 Å². The van der Waals surface area contributed by atoms with Gasteiger partial charge in [0, 0.05) is 10.6 Å². The van der Waals surface area contributed by atoms with Crippen molar-refractivity contribution in [2.75, 3.05) is 13.7 Å². The van der Waals surface area contributed by atoms with E-state index in [1.165, 1.54) is 0 Å². The molecular formula is C20H19Cl2NO3. The van der Waals surface area contributed by atoms with Crippen molar-refractivity contribution in [1.29, 1.82) is 0 Å². The lowest BCUT2D eigenvalue weighted by atomic mass is 9.99. The second-order valence-corrected chi connectivity index (χ2v) is 6.75. The van der Waals surface area contributed by atoms with Crippen LogP contribution in [0.15, 0.2) is 30.3 Å². The molecule has 0 unspecified atom stereocenters. The van der Waals surface area contributed by atoms with Crippen LogP contribution in [0.2, 0.25) is 10.0 Å². The van der Waals surface area contributed by atoms with Crippen LogP contribution in [-0.4, -0.2) is 24.7 Å². The van der Waals surface area contributed by atoms with E-state index >= 15 is 0 Å². The molecule has 0 N–H and O–H groups in total. The standard InChI is InChI=1S/C20H19Cl2NO3/c1-3-26-20(24)19-16(22)8-9-17(23-19)14-6-4-5-13(14)15-11-12(21)7-10-18(15)25-2/h7-11H,3-6H2,1-2H3. The Morgan fingerprint density at radius 2 is 1.92 bits per heavy atom. The highest BCUT2D eigenvalue weighted by Gasteiger charge is 2.23. The van der Waals surface area contributed by atoms with Crippen LogP contribution in [0.4, 0.5) is 0 Å². The first-order valence-electron chi connectivity index (χ1n) is 8.45. The molecule has 0 atom stereocenters. The number of carbonyl (C=O) groups is 1. The average Bonchev–Trinajstić information content (AvgIpc) is 3.11. The zero-order valence-corrected chi connectivity index (χ0v) is 16.2. The number of pyridine rings is 1. The molecule has 0 fully saturated rings. The molecule has 0 bridgehead atoms. The van der Waals surface area contributed by atoms with Crippen molar-refractivity contribution in [3.63, 3.8) is 0 Å². The summed E-state index contributed by atoms with van der Waals surface area (Å²) in [5.74, 6) is 0.253. The van der Waals surface area contributed by atoms with Crippen molar-refractivity contribution in [2.45, 2.75) is 26.2 Å². The Labute approximate surface area is 162 Å². The molecule has 3 rings (SSSR count). The van der Waals surface area contributed by atoms with Gasteiger partial charge in [0.2, 0.25) is 0 Å². The van der Waals surface area contributed by atoms with Gasteiger partial charge in [-0.3, -0.25) is 0 Å². The summed E-state index contributed by atoms with van der Waals surface area (Å²) >= 11 is 12.3. The largest absolute Gasteiger partial charge is 0.496 e. The minimum atomic E-state index is -0.514. The van der Waals surface area contributed by atoms with Crippen molar-refractivity contribution < 1.29 is 14.3 Å². The van der Waals surface area contributed by atoms with E-state index in [1.807, 2.05) is 18.2 Å². The average molecular weight is 392 g/mol. The molecule has 0 aliphatic heterocycles. The summed E-state index contributed by atoms with van der Waals surface area (Å²) < 4.78 is 10.6. The van der Waals surface area contributed by atoms with E-state index in [1.54, 1.807) is 26.2 Å². The number of benzene rings is 1. The summed E-state index contributed by atoms with van der Waals surface area (Å²) in [6.45, 7) is 2.02. The van der Waals surface area contributed by atoms with Gasteiger partial charge in [0.05, 0.1) is 24.4 Å². The highest BCUT2D eigenvalue weighted by atomic mass is 35.5. The summed E-state index contributed by atoms with van der Waals surface area (Å²) in [5, 5.41) is 0.934. The van der Waals surface area contributed by atoms with Crippen molar-refractivity contribution >= 4 is 40.3 Å². The third-order valence-corrected chi connectivity index (χ3v) is 4.87. The van der Waals surface area contributed by atoms with E-state index < -0.39 is 5.97 Å². The predicted octanol–water partition coefficient (Wildman–Crippen LogP) is 5.67. The topological polar surface area (TPSA) is 48.4 Å². The Hall–Kier alpha value is -2.04. The molecular weight excluding hydrogens is 373 g/mol. The van der Waals surface area contributed by atoms with Crippen LogP contribution in [0.1, 0.15) is 47.9 Å². The zero-order valence-electron chi connectivity index (χ0n) is 14.6. The third kappa shape index (κ3) is 3.71. The Morgan fingerprint density at radius 3 is 2.65 bits per heavy atom. The first-order chi connectivity index (χ1) is 12.5. The fourth-order valence-corrected chi connectivity index (χ4v) is 3.55. The quantitative estimate of drug-likeness (QED) is 0.616. The van der Waals surface area contributed by atoms with Crippen LogP contribution in [-0.2, 0) is 4.74 Å². The van der Waals surface area contributed by atoms with E-state index in [-0.39, 0.29) is 17.3 Å². The van der Waals surface area contributed by atoms with Gasteiger partial charge in [0.1, 0.15) is 5.75 Å². The van der Waals surface area contributed by atoms with Gasteiger partial charge >= 0.3 is 5.97 Å². The monoisotopic (exact) mass is 391 g/mol. The number of rotatable bonds is 5. The summed E-state index contributed by atoms with van der Waals surface area (Å²) in [6, 6.07) is 9.10. The summed E-state index contributed by atoms with van der Waals surface area (Å²) in [4.78, 5) is 16.6. The Balaban J connectivity index is 2.10. The summed E-state index contributed by atoms with van der Waals surface area (Å²) in [7, 11) is 1.64. The normalized spacial score (nSPS) is 13.8. The Bertz CT molecular complexity index is 877. The number of carbonyl (C=O) groups excluding carboxylic acids is 1. The third-order valence-electron chi connectivity index (χ3n) is 4.33. The minimum absolute atomic E-state index is 0.142. The van der Waals surface area contributed by atoms with Crippen molar-refractivity contribution in [3.8, 4) is 5.75 Å². The number of ether oxygens (including phenoxy) is 2. The fourth-order valence-electron chi connectivity index (χ4n) is 3.19. The van der Waals surface area contributed by atoms with Crippen LogP contribution in [0.25, 0.3) is 11.1 Å². The highest BCUT2D eigenvalue weighted by molar-refractivity contribution is 6.33. The molecule has 6 heteroatoms. The Morgan fingerprint density at radius 1 is 1.15 bits per heavy atom. The molecule has 0 spiro atoms. The van der Waals surface area contributed by atoms with Crippen molar-refractivity contribution in [2.24, 2.45) is 0 Å². The van der Waals surface area contributed by atoms with Crippen LogP contribution < -0.4 is 4.74 Å². The molecule has 0 radical (unpaired) electrons. The highest BCUT2D eigenvalue weighted by Crippen LogP contribution is 2.43. The molecule has 0 amide bonds. The van der Waals surface area contributed by atoms with E-state index in [0.29, 0.717) is 5.02 Å². The molecule has 1 aromatic carbocycles. The van der Waals surface area contributed by atoms with Gasteiger partial charge in [-0.1, -0.05) is 23.2 Å². The second kappa shape index (κ2) is 8.11. The van der Waals surface area contributed by atoms with Gasteiger partial charge in [0.15, 0.2) is 5.69 Å². The number of hydrogen-bond acceptors (Lipinski definition) is 4. The number of methoxy groups -OCH3 is 1. The lowest BCUT2D eigenvalue weighted by Gasteiger charge is -2.13. The number of nitrogens with zero attached hydrogens (tertiary/aromatic N) is 1. The van der Waals surface area contributed by atoms with Gasteiger partial charge in [-0.15, -0.1) is 0 Å². The molecule has 2 aromatic rings. The van der Waals surface area contributed by atoms with Gasteiger partial charge < -0.3 is 9.47 Å². The van der Waals surface area contributed by atoms with Gasteiger partial charge in [-0.05, 0) is 67.7 Å². The van der Waals surface area contributed by atoms with Gasteiger partial charge in [-0.2, -0.15) is 0 Å². The molecule has 26 heavy (non-hydrogen) atoms. The smallest absolute Gasteiger partial charge is 0.358 e. The SMILES string of the molecule is CCOC(=O)c1nc(C2=C(c3cc(Cl)ccc3OC)CCC2)ccc1Cl. The number of halogens is 2. The van der Waals surface area contributed by atoms with Gasteiger partial charge in [-0.25, -0.2) is 9.78 Å². The molecule has 1 aliphatic rings. The lowest BCUT2D eigenvalue weighted by Crippen LogP contribution is -2.09. The lowest BCUT2D eigenvalue weighted by molar-refractivity contribution is 0.0519. The number of allylic oxidation sites excluding steroid dienone is 2. The maximum Gasteiger partial charge on any atom is 0.358 e. The Kier molecular flexibility index (Phi) is 5.84. The van der Waals surface area contributed by atoms with Crippen LogP contribution in [0, 0.1) is 0 Å². The molecule has 1 aromatic heterocycles. The van der Waals surface area contributed by atoms with E-state index in [2.05, 4.69) is 4.98 Å². The van der Waals surface area contributed by atoms with E-state index in [0.717, 1.165) is 47.4 Å². The molecule has 1 aliphatic carbocycles. The zero-order chi connectivity index (χ0) is 18.7. The predicted molar refractivity (Wildman–Crippen MR) is 104 cm³/mol. The first-order valence-corrected chi connectivity index (χ1v) is 9.20. The molecule has 136 valence electrons. The maximum atomic E-state index is 12.1. The number of hydrogen-bond donors (Lipinski definition) is 0. The first kappa shape index (κ1) is 18.7. The molecule has 1 heterocycles. The second-order valence-electron chi connectivity index (χ2n) is 5.90. The molecule has 0 saturated heterocycles. The number of esters is 1. The van der Waals surface area contributed by atoms with Crippen molar-refractivity contribution in [3.05, 3.63) is 57.3 Å². The van der Waals surface area contributed by atoms with Crippen LogP contribution in [0.3, 0.4) is 0 Å². The minimum Gasteiger partial charge on any atom is -0.496 e. The fraction of sp³-hybridized carbons (Fsp3) is 0.300. The number of aromatic nitrogens is 1. The van der Waals surface area contributed by atoms with E-state index in [4.69, 9.17) is 32.7 Å². The van der Waals surface area contributed by atoms with Crippen LogP contribution >= 0.6 is 23.2 Å². The van der Waals surface area contributed by atoms with Gasteiger partial charge in [0.25, 0.3) is 0 Å². The van der Waals surface area contributed by atoms with Crippen molar-refractivity contribution in [1.82, 2.24) is 4.98 Å². The molecule has 4 nitrogen and oxygen atoms in total. The maximum absolute atomic E-state index is 12.1.